The van der Waals surface area contributed by atoms with Gasteiger partial charge in [-0.05, 0) is 45.2 Å². The lowest BCUT2D eigenvalue weighted by Crippen LogP contribution is -2.32. The zero-order chi connectivity index (χ0) is 11.5. The number of carbonyl (C=O) groups is 1. The van der Waals surface area contributed by atoms with Crippen LogP contribution in [0.5, 0.6) is 0 Å². The lowest BCUT2D eigenvalue weighted by atomic mass is 9.90. The van der Waals surface area contributed by atoms with Crippen molar-refractivity contribution in [1.29, 1.82) is 0 Å². The number of rotatable bonds is 5. The molecule has 1 aliphatic heterocycles. The van der Waals surface area contributed by atoms with Gasteiger partial charge in [-0.25, -0.2) is 0 Å². The van der Waals surface area contributed by atoms with Crippen LogP contribution in [0.25, 0.3) is 0 Å². The summed E-state index contributed by atoms with van der Waals surface area (Å²) < 4.78 is 0. The van der Waals surface area contributed by atoms with Crippen molar-refractivity contribution in [3.05, 3.63) is 0 Å². The van der Waals surface area contributed by atoms with Gasteiger partial charge in [-0.2, -0.15) is 0 Å². The molecule has 1 aliphatic rings. The number of likely N-dealkylation sites (tertiary alicyclic amines) is 1. The Balaban J connectivity index is 2.28. The molecule has 1 heterocycles. The van der Waals surface area contributed by atoms with Crippen molar-refractivity contribution in [3.63, 3.8) is 0 Å². The molecule has 1 rings (SSSR count). The van der Waals surface area contributed by atoms with E-state index in [-0.39, 0.29) is 0 Å². The molecule has 0 spiro atoms. The zero-order valence-electron chi connectivity index (χ0n) is 10.1. The number of hydrogen-bond donors (Lipinski definition) is 1. The van der Waals surface area contributed by atoms with Crippen molar-refractivity contribution in [1.82, 2.24) is 4.90 Å². The van der Waals surface area contributed by atoms with Crippen LogP contribution in [0.1, 0.15) is 40.0 Å². The summed E-state index contributed by atoms with van der Waals surface area (Å²) in [4.78, 5) is 13.3. The van der Waals surface area contributed by atoms with E-state index in [1.54, 1.807) is 0 Å². The second-order valence-corrected chi connectivity index (χ2v) is 5.43. The summed E-state index contributed by atoms with van der Waals surface area (Å²) in [6.45, 7) is 9.04. The second kappa shape index (κ2) is 4.97. The van der Waals surface area contributed by atoms with Crippen LogP contribution < -0.4 is 0 Å². The highest BCUT2D eigenvalue weighted by Crippen LogP contribution is 2.30. The van der Waals surface area contributed by atoms with Crippen LogP contribution in [-0.4, -0.2) is 35.6 Å². The normalized spacial score (nSPS) is 27.5. The quantitative estimate of drug-likeness (QED) is 0.761. The zero-order valence-corrected chi connectivity index (χ0v) is 10.1. The molecular formula is C12H23NO2. The highest BCUT2D eigenvalue weighted by molar-refractivity contribution is 5.74. The molecule has 0 amide bonds. The van der Waals surface area contributed by atoms with Crippen LogP contribution in [-0.2, 0) is 4.79 Å². The monoisotopic (exact) mass is 213 g/mol. The van der Waals surface area contributed by atoms with Crippen LogP contribution in [0.2, 0.25) is 0 Å². The van der Waals surface area contributed by atoms with Gasteiger partial charge in [0, 0.05) is 6.54 Å². The number of aliphatic carboxylic acids is 1. The van der Waals surface area contributed by atoms with E-state index < -0.39 is 11.4 Å². The minimum Gasteiger partial charge on any atom is -0.481 e. The smallest absolute Gasteiger partial charge is 0.310 e. The van der Waals surface area contributed by atoms with Gasteiger partial charge in [0.25, 0.3) is 0 Å². The maximum Gasteiger partial charge on any atom is 0.310 e. The first-order chi connectivity index (χ1) is 6.94. The predicted octanol–water partition coefficient (Wildman–Crippen LogP) is 2.22. The molecule has 0 radical (unpaired) electrons. The Kier molecular flexibility index (Phi) is 4.14. The molecule has 88 valence electrons. The third-order valence-electron chi connectivity index (χ3n) is 3.32. The molecule has 0 saturated carbocycles. The molecule has 0 aliphatic carbocycles. The molecular weight excluding hydrogens is 190 g/mol. The van der Waals surface area contributed by atoms with E-state index in [0.29, 0.717) is 0 Å². The molecule has 1 saturated heterocycles. The van der Waals surface area contributed by atoms with E-state index in [4.69, 9.17) is 5.11 Å². The Hall–Kier alpha value is -0.570. The van der Waals surface area contributed by atoms with Crippen molar-refractivity contribution < 1.29 is 9.90 Å². The SMILES string of the molecule is CC(C)CCCN1CCC(C)(C(=O)O)C1. The minimum absolute atomic E-state index is 0.502. The van der Waals surface area contributed by atoms with E-state index in [1.165, 1.54) is 12.8 Å². The third-order valence-corrected chi connectivity index (χ3v) is 3.32. The first kappa shape index (κ1) is 12.5. The molecule has 1 N–H and O–H groups in total. The predicted molar refractivity (Wildman–Crippen MR) is 60.9 cm³/mol. The van der Waals surface area contributed by atoms with Crippen LogP contribution in [0.15, 0.2) is 0 Å². The van der Waals surface area contributed by atoms with E-state index >= 15 is 0 Å². The highest BCUT2D eigenvalue weighted by atomic mass is 16.4. The molecule has 0 aromatic heterocycles. The Bertz CT molecular complexity index is 228. The Labute approximate surface area is 92.5 Å². The molecule has 0 aromatic rings. The molecule has 15 heavy (non-hydrogen) atoms. The number of hydrogen-bond acceptors (Lipinski definition) is 2. The molecule has 3 nitrogen and oxygen atoms in total. The summed E-state index contributed by atoms with van der Waals surface area (Å²) in [6.07, 6.45) is 3.22. The van der Waals surface area contributed by atoms with E-state index in [2.05, 4.69) is 18.7 Å². The number of carboxylic acids is 1. The van der Waals surface area contributed by atoms with Crippen molar-refractivity contribution >= 4 is 5.97 Å². The second-order valence-electron chi connectivity index (χ2n) is 5.43. The van der Waals surface area contributed by atoms with Crippen molar-refractivity contribution in [3.8, 4) is 0 Å². The van der Waals surface area contributed by atoms with Crippen LogP contribution >= 0.6 is 0 Å². The van der Waals surface area contributed by atoms with Gasteiger partial charge in [0.2, 0.25) is 0 Å². The lowest BCUT2D eigenvalue weighted by Gasteiger charge is -2.20. The summed E-state index contributed by atoms with van der Waals surface area (Å²) in [5.74, 6) is 0.104. The third kappa shape index (κ3) is 3.49. The van der Waals surface area contributed by atoms with Gasteiger partial charge in [0.1, 0.15) is 0 Å². The van der Waals surface area contributed by atoms with Crippen LogP contribution in [0, 0.1) is 11.3 Å². The van der Waals surface area contributed by atoms with Crippen LogP contribution in [0.3, 0.4) is 0 Å². The van der Waals surface area contributed by atoms with Gasteiger partial charge < -0.3 is 10.0 Å². The maximum atomic E-state index is 11.0. The summed E-state index contributed by atoms with van der Waals surface area (Å²) in [5.41, 5.74) is -0.502. The van der Waals surface area contributed by atoms with Gasteiger partial charge >= 0.3 is 5.97 Å². The summed E-state index contributed by atoms with van der Waals surface area (Å²) in [6, 6.07) is 0. The molecule has 1 atom stereocenters. The fraction of sp³-hybridized carbons (Fsp3) is 0.917. The Morgan fingerprint density at radius 3 is 2.67 bits per heavy atom. The minimum atomic E-state index is -0.645. The first-order valence-corrected chi connectivity index (χ1v) is 5.90. The lowest BCUT2D eigenvalue weighted by molar-refractivity contribution is -0.147. The van der Waals surface area contributed by atoms with Gasteiger partial charge in [0.05, 0.1) is 5.41 Å². The van der Waals surface area contributed by atoms with Gasteiger partial charge in [-0.1, -0.05) is 13.8 Å². The Morgan fingerprint density at radius 1 is 1.53 bits per heavy atom. The summed E-state index contributed by atoms with van der Waals surface area (Å²) >= 11 is 0. The average molecular weight is 213 g/mol. The van der Waals surface area contributed by atoms with Gasteiger partial charge in [0.15, 0.2) is 0 Å². The molecule has 0 bridgehead atoms. The van der Waals surface area contributed by atoms with E-state index in [1.807, 2.05) is 6.92 Å². The average Bonchev–Trinajstić information content (AvgIpc) is 2.48. The number of carboxylic acid groups (broad SMARTS) is 1. The van der Waals surface area contributed by atoms with Gasteiger partial charge in [-0.15, -0.1) is 0 Å². The van der Waals surface area contributed by atoms with Crippen molar-refractivity contribution in [2.75, 3.05) is 19.6 Å². The van der Waals surface area contributed by atoms with Crippen molar-refractivity contribution in [2.45, 2.75) is 40.0 Å². The van der Waals surface area contributed by atoms with Gasteiger partial charge in [-0.3, -0.25) is 4.79 Å². The van der Waals surface area contributed by atoms with Crippen molar-refractivity contribution in [2.24, 2.45) is 11.3 Å². The molecule has 1 unspecified atom stereocenters. The largest absolute Gasteiger partial charge is 0.481 e. The molecule has 0 aromatic carbocycles. The number of nitrogens with zero attached hydrogens (tertiary/aromatic N) is 1. The standard InChI is InChI=1S/C12H23NO2/c1-10(2)5-4-7-13-8-6-12(3,9-13)11(14)15/h10H,4-9H2,1-3H3,(H,14,15). The summed E-state index contributed by atoms with van der Waals surface area (Å²) in [5, 5.41) is 9.08. The maximum absolute atomic E-state index is 11.0. The summed E-state index contributed by atoms with van der Waals surface area (Å²) in [7, 11) is 0. The van der Waals surface area contributed by atoms with E-state index in [0.717, 1.165) is 32.0 Å². The van der Waals surface area contributed by atoms with Crippen LogP contribution in [0.4, 0.5) is 0 Å². The topological polar surface area (TPSA) is 40.5 Å². The van der Waals surface area contributed by atoms with E-state index in [9.17, 15) is 4.79 Å². The fourth-order valence-corrected chi connectivity index (χ4v) is 2.15. The molecule has 1 fully saturated rings. The Morgan fingerprint density at radius 2 is 2.20 bits per heavy atom. The molecule has 3 heteroatoms. The highest BCUT2D eigenvalue weighted by Gasteiger charge is 2.39. The first-order valence-electron chi connectivity index (χ1n) is 5.90. The fourth-order valence-electron chi connectivity index (χ4n) is 2.15.